The maximum atomic E-state index is 14.9. The van der Waals surface area contributed by atoms with Crippen LogP contribution in [0.2, 0.25) is 0 Å². The van der Waals surface area contributed by atoms with E-state index in [9.17, 15) is 9.18 Å². The molecule has 1 atom stereocenters. The second kappa shape index (κ2) is 8.33. The molecule has 172 valence electrons. The predicted molar refractivity (Wildman–Crippen MR) is 129 cm³/mol. The van der Waals surface area contributed by atoms with Crippen LogP contribution >= 0.6 is 0 Å². The number of rotatable bonds is 5. The van der Waals surface area contributed by atoms with Gasteiger partial charge in [0.1, 0.15) is 17.3 Å². The molecule has 5 rings (SSSR count). The molecule has 6 nitrogen and oxygen atoms in total. The van der Waals surface area contributed by atoms with Crippen molar-refractivity contribution in [2.75, 3.05) is 20.0 Å². The van der Waals surface area contributed by atoms with Crippen molar-refractivity contribution in [1.29, 1.82) is 0 Å². The first kappa shape index (κ1) is 21.7. The lowest BCUT2D eigenvalue weighted by Crippen LogP contribution is -2.27. The molecule has 0 spiro atoms. The summed E-state index contributed by atoms with van der Waals surface area (Å²) in [7, 11) is 3.11. The number of methoxy groups -OCH3 is 2. The first-order chi connectivity index (χ1) is 16.4. The van der Waals surface area contributed by atoms with Gasteiger partial charge in [-0.15, -0.1) is 0 Å². The average molecular weight is 458 g/mol. The average Bonchev–Trinajstić information content (AvgIpc) is 3.19. The van der Waals surface area contributed by atoms with E-state index in [4.69, 9.17) is 20.2 Å². The number of ether oxygens (including phenoxy) is 2. The standard InChI is InChI=1S/C27H24FN3O3/c1-15(16-10-12-17(33-2)13-11-16)31-14-21-24(27(31)32)25(29)19-7-4-6-18(26(19)30-21)23-20(28)8-5-9-22(23)34-3/h4-13,15H,14H2,1-3H3,(H2,29,30)/t15-/m1/s1. The zero-order valence-corrected chi connectivity index (χ0v) is 19.1. The minimum Gasteiger partial charge on any atom is -0.497 e. The van der Waals surface area contributed by atoms with Crippen LogP contribution in [0, 0.1) is 5.82 Å². The van der Waals surface area contributed by atoms with Gasteiger partial charge < -0.3 is 20.1 Å². The van der Waals surface area contributed by atoms with Crippen molar-refractivity contribution >= 4 is 22.5 Å². The van der Waals surface area contributed by atoms with E-state index in [1.54, 1.807) is 42.3 Å². The molecule has 1 aliphatic heterocycles. The second-order valence-electron chi connectivity index (χ2n) is 8.25. The quantitative estimate of drug-likeness (QED) is 0.437. The Morgan fingerprint density at radius 3 is 2.44 bits per heavy atom. The number of carbonyl (C=O) groups excluding carboxylic acids is 1. The summed E-state index contributed by atoms with van der Waals surface area (Å²) in [5.41, 5.74) is 10.3. The fourth-order valence-corrected chi connectivity index (χ4v) is 4.60. The van der Waals surface area contributed by atoms with Crippen LogP contribution in [-0.2, 0) is 6.54 Å². The van der Waals surface area contributed by atoms with Gasteiger partial charge in [-0.25, -0.2) is 9.37 Å². The van der Waals surface area contributed by atoms with E-state index in [0.717, 1.165) is 11.3 Å². The van der Waals surface area contributed by atoms with Crippen LogP contribution in [-0.4, -0.2) is 30.0 Å². The third-order valence-electron chi connectivity index (χ3n) is 6.46. The van der Waals surface area contributed by atoms with Gasteiger partial charge in [0.25, 0.3) is 5.91 Å². The Hall–Kier alpha value is -4.13. The molecule has 2 heterocycles. The van der Waals surface area contributed by atoms with Crippen LogP contribution in [0.3, 0.4) is 0 Å². The lowest BCUT2D eigenvalue weighted by molar-refractivity contribution is 0.0716. The van der Waals surface area contributed by atoms with Gasteiger partial charge in [0.05, 0.1) is 54.8 Å². The molecule has 0 saturated carbocycles. The van der Waals surface area contributed by atoms with Gasteiger partial charge in [0.15, 0.2) is 0 Å². The van der Waals surface area contributed by atoms with E-state index in [2.05, 4.69) is 0 Å². The van der Waals surface area contributed by atoms with Crippen LogP contribution in [0.5, 0.6) is 11.5 Å². The number of pyridine rings is 1. The van der Waals surface area contributed by atoms with Crippen molar-refractivity contribution < 1.29 is 18.7 Å². The molecule has 34 heavy (non-hydrogen) atoms. The number of carbonyl (C=O) groups is 1. The van der Waals surface area contributed by atoms with Gasteiger partial charge in [-0.05, 0) is 36.8 Å². The Balaban J connectivity index is 1.62. The van der Waals surface area contributed by atoms with Crippen molar-refractivity contribution in [2.24, 2.45) is 0 Å². The molecule has 1 aromatic heterocycles. The van der Waals surface area contributed by atoms with Crippen molar-refractivity contribution in [2.45, 2.75) is 19.5 Å². The number of nitrogens with two attached hydrogens (primary N) is 1. The summed E-state index contributed by atoms with van der Waals surface area (Å²) in [5, 5.41) is 0.605. The summed E-state index contributed by atoms with van der Waals surface area (Å²) in [6.07, 6.45) is 0. The highest BCUT2D eigenvalue weighted by Crippen LogP contribution is 2.41. The van der Waals surface area contributed by atoms with Gasteiger partial charge in [0.2, 0.25) is 0 Å². The number of amides is 1. The lowest BCUT2D eigenvalue weighted by Gasteiger charge is -2.24. The number of halogens is 1. The summed E-state index contributed by atoms with van der Waals surface area (Å²) in [4.78, 5) is 20.0. The number of hydrogen-bond donors (Lipinski definition) is 1. The zero-order valence-electron chi connectivity index (χ0n) is 19.1. The maximum absolute atomic E-state index is 14.9. The number of fused-ring (bicyclic) bond motifs is 2. The van der Waals surface area contributed by atoms with Crippen molar-refractivity contribution in [1.82, 2.24) is 9.88 Å². The molecule has 4 aromatic rings. The third-order valence-corrected chi connectivity index (χ3v) is 6.46. The van der Waals surface area contributed by atoms with Gasteiger partial charge in [-0.2, -0.15) is 0 Å². The zero-order chi connectivity index (χ0) is 24.0. The summed E-state index contributed by atoms with van der Waals surface area (Å²) in [6, 6.07) is 17.5. The van der Waals surface area contributed by atoms with Gasteiger partial charge in [-0.3, -0.25) is 4.79 Å². The number of benzene rings is 3. The lowest BCUT2D eigenvalue weighted by atomic mass is 9.98. The number of nitrogens with zero attached hydrogens (tertiary/aromatic N) is 2. The van der Waals surface area contributed by atoms with Crippen LogP contribution < -0.4 is 15.2 Å². The molecule has 1 aliphatic rings. The number of aromatic nitrogens is 1. The van der Waals surface area contributed by atoms with Crippen molar-refractivity contribution in [3.05, 3.63) is 83.3 Å². The highest BCUT2D eigenvalue weighted by Gasteiger charge is 2.35. The smallest absolute Gasteiger partial charge is 0.258 e. The summed E-state index contributed by atoms with van der Waals surface area (Å²) in [6.45, 7) is 2.28. The molecule has 3 aromatic carbocycles. The van der Waals surface area contributed by atoms with E-state index >= 15 is 0 Å². The Morgan fingerprint density at radius 1 is 1.00 bits per heavy atom. The first-order valence-corrected chi connectivity index (χ1v) is 10.9. The van der Waals surface area contributed by atoms with Crippen molar-refractivity contribution in [3.63, 3.8) is 0 Å². The van der Waals surface area contributed by atoms with Crippen molar-refractivity contribution in [3.8, 4) is 22.6 Å². The van der Waals surface area contributed by atoms with Crippen LogP contribution in [0.4, 0.5) is 10.1 Å². The number of nitrogen functional groups attached to an aromatic ring is 1. The molecule has 0 saturated heterocycles. The van der Waals surface area contributed by atoms with E-state index in [1.165, 1.54) is 13.2 Å². The Bertz CT molecular complexity index is 1420. The predicted octanol–water partition coefficient (Wildman–Crippen LogP) is 5.36. The Morgan fingerprint density at radius 2 is 1.74 bits per heavy atom. The molecule has 0 bridgehead atoms. The molecular formula is C27H24FN3O3. The molecule has 1 amide bonds. The summed E-state index contributed by atoms with van der Waals surface area (Å²) < 4.78 is 25.5. The normalized spacial score (nSPS) is 13.8. The molecule has 0 aliphatic carbocycles. The topological polar surface area (TPSA) is 77.7 Å². The molecule has 0 fully saturated rings. The summed E-state index contributed by atoms with van der Waals surface area (Å²) in [5.74, 6) is 0.567. The van der Waals surface area contributed by atoms with E-state index in [-0.39, 0.29) is 11.9 Å². The molecule has 2 N–H and O–H groups in total. The highest BCUT2D eigenvalue weighted by atomic mass is 19.1. The number of para-hydroxylation sites is 1. The Labute approximate surface area is 196 Å². The van der Waals surface area contributed by atoms with Crippen LogP contribution in [0.15, 0.2) is 60.7 Å². The highest BCUT2D eigenvalue weighted by molar-refractivity contribution is 6.11. The van der Waals surface area contributed by atoms with Crippen LogP contribution in [0.1, 0.15) is 34.6 Å². The van der Waals surface area contributed by atoms with E-state index in [1.807, 2.05) is 31.2 Å². The largest absolute Gasteiger partial charge is 0.497 e. The second-order valence-corrected chi connectivity index (χ2v) is 8.25. The summed E-state index contributed by atoms with van der Waals surface area (Å²) >= 11 is 0. The molecular weight excluding hydrogens is 433 g/mol. The van der Waals surface area contributed by atoms with E-state index in [0.29, 0.717) is 51.3 Å². The maximum Gasteiger partial charge on any atom is 0.258 e. The molecule has 7 heteroatoms. The van der Waals surface area contributed by atoms with E-state index < -0.39 is 5.82 Å². The van der Waals surface area contributed by atoms with Crippen LogP contribution in [0.25, 0.3) is 22.0 Å². The monoisotopic (exact) mass is 457 g/mol. The third kappa shape index (κ3) is 3.32. The fourth-order valence-electron chi connectivity index (χ4n) is 4.60. The minimum absolute atomic E-state index is 0.168. The number of hydrogen-bond acceptors (Lipinski definition) is 5. The Kier molecular flexibility index (Phi) is 5.32. The molecule has 0 radical (unpaired) electrons. The molecule has 0 unspecified atom stereocenters. The first-order valence-electron chi connectivity index (χ1n) is 10.9. The minimum atomic E-state index is -0.418. The van der Waals surface area contributed by atoms with Gasteiger partial charge in [0, 0.05) is 10.9 Å². The van der Waals surface area contributed by atoms with Gasteiger partial charge in [-0.1, -0.05) is 36.4 Å². The number of anilines is 1. The fraction of sp³-hybridized carbons (Fsp3) is 0.185. The SMILES string of the molecule is COc1ccc([C@@H](C)N2Cc3nc4c(-c5c(F)cccc5OC)cccc4c(N)c3C2=O)cc1. The van der Waals surface area contributed by atoms with Gasteiger partial charge >= 0.3 is 0 Å².